The summed E-state index contributed by atoms with van der Waals surface area (Å²) in [5.74, 6) is 0. The topological polar surface area (TPSA) is 30.3 Å². The predicted octanol–water partition coefficient (Wildman–Crippen LogP) is 2.76. The molecule has 4 heteroatoms. The SMILES string of the molecule is CN(CC#N)C1CCCN(c2cccc(Cl)c2)C1. The van der Waals surface area contributed by atoms with Crippen LogP contribution in [0.15, 0.2) is 24.3 Å². The number of nitrogens with zero attached hydrogens (tertiary/aromatic N) is 3. The van der Waals surface area contributed by atoms with Gasteiger partial charge in [0.05, 0.1) is 12.6 Å². The number of halogens is 1. The number of hydrogen-bond donors (Lipinski definition) is 0. The van der Waals surface area contributed by atoms with Crippen LogP contribution in [0.2, 0.25) is 5.02 Å². The van der Waals surface area contributed by atoms with E-state index in [4.69, 9.17) is 16.9 Å². The van der Waals surface area contributed by atoms with E-state index in [1.54, 1.807) is 0 Å². The first-order valence-corrected chi connectivity index (χ1v) is 6.66. The molecule has 3 nitrogen and oxygen atoms in total. The van der Waals surface area contributed by atoms with Crippen molar-refractivity contribution < 1.29 is 0 Å². The number of likely N-dealkylation sites (N-methyl/N-ethyl adjacent to an activating group) is 1. The molecule has 0 N–H and O–H groups in total. The van der Waals surface area contributed by atoms with Crippen LogP contribution >= 0.6 is 11.6 Å². The van der Waals surface area contributed by atoms with Gasteiger partial charge in [0.25, 0.3) is 0 Å². The third kappa shape index (κ3) is 3.16. The van der Waals surface area contributed by atoms with Gasteiger partial charge in [-0.05, 0) is 38.1 Å². The average molecular weight is 264 g/mol. The minimum Gasteiger partial charge on any atom is -0.370 e. The minimum atomic E-state index is 0.456. The van der Waals surface area contributed by atoms with Gasteiger partial charge in [0, 0.05) is 29.8 Å². The fourth-order valence-electron chi connectivity index (χ4n) is 2.46. The molecule has 18 heavy (non-hydrogen) atoms. The summed E-state index contributed by atoms with van der Waals surface area (Å²) in [5, 5.41) is 9.54. The number of nitriles is 1. The third-order valence-corrected chi connectivity index (χ3v) is 3.75. The number of piperidine rings is 1. The molecule has 1 heterocycles. The van der Waals surface area contributed by atoms with Gasteiger partial charge in [-0.2, -0.15) is 5.26 Å². The Morgan fingerprint density at radius 2 is 2.39 bits per heavy atom. The van der Waals surface area contributed by atoms with Gasteiger partial charge < -0.3 is 4.90 Å². The zero-order valence-corrected chi connectivity index (χ0v) is 11.4. The summed E-state index contributed by atoms with van der Waals surface area (Å²) in [7, 11) is 2.02. The van der Waals surface area contributed by atoms with Gasteiger partial charge in [0.1, 0.15) is 0 Å². The highest BCUT2D eigenvalue weighted by Gasteiger charge is 2.23. The monoisotopic (exact) mass is 263 g/mol. The van der Waals surface area contributed by atoms with E-state index in [0.717, 1.165) is 31.0 Å². The molecule has 0 amide bonds. The van der Waals surface area contributed by atoms with Crippen molar-refractivity contribution in [2.24, 2.45) is 0 Å². The fourth-order valence-corrected chi connectivity index (χ4v) is 2.65. The Hall–Kier alpha value is -1.24. The van der Waals surface area contributed by atoms with E-state index in [0.29, 0.717) is 12.6 Å². The van der Waals surface area contributed by atoms with Crippen LogP contribution in [-0.4, -0.2) is 37.6 Å². The highest BCUT2D eigenvalue weighted by molar-refractivity contribution is 6.30. The molecule has 0 aromatic heterocycles. The van der Waals surface area contributed by atoms with Gasteiger partial charge in [-0.1, -0.05) is 17.7 Å². The minimum absolute atomic E-state index is 0.456. The van der Waals surface area contributed by atoms with Crippen LogP contribution in [0.25, 0.3) is 0 Å². The fraction of sp³-hybridized carbons (Fsp3) is 0.500. The normalized spacial score (nSPS) is 19.9. The van der Waals surface area contributed by atoms with Gasteiger partial charge in [0.15, 0.2) is 0 Å². The Morgan fingerprint density at radius 1 is 1.56 bits per heavy atom. The van der Waals surface area contributed by atoms with Crippen LogP contribution in [-0.2, 0) is 0 Å². The smallest absolute Gasteiger partial charge is 0.0866 e. The van der Waals surface area contributed by atoms with Gasteiger partial charge in [-0.3, -0.25) is 4.90 Å². The van der Waals surface area contributed by atoms with E-state index >= 15 is 0 Å². The van der Waals surface area contributed by atoms with E-state index in [-0.39, 0.29) is 0 Å². The second-order valence-corrected chi connectivity index (χ2v) is 5.23. The number of benzene rings is 1. The molecule has 1 aliphatic heterocycles. The summed E-state index contributed by atoms with van der Waals surface area (Å²) in [5.41, 5.74) is 1.18. The third-order valence-electron chi connectivity index (χ3n) is 3.51. The van der Waals surface area contributed by atoms with Gasteiger partial charge in [-0.25, -0.2) is 0 Å². The molecule has 0 saturated carbocycles. The molecule has 96 valence electrons. The lowest BCUT2D eigenvalue weighted by atomic mass is 10.0. The van der Waals surface area contributed by atoms with Crippen LogP contribution < -0.4 is 4.90 Å². The molecule has 0 aliphatic carbocycles. The molecular weight excluding hydrogens is 246 g/mol. The first kappa shape index (κ1) is 13.2. The quantitative estimate of drug-likeness (QED) is 0.786. The largest absolute Gasteiger partial charge is 0.370 e. The Bertz CT molecular complexity index is 441. The van der Waals surface area contributed by atoms with E-state index in [1.807, 2.05) is 25.2 Å². The summed E-state index contributed by atoms with van der Waals surface area (Å²) < 4.78 is 0. The first-order valence-electron chi connectivity index (χ1n) is 6.28. The number of anilines is 1. The van der Waals surface area contributed by atoms with Crippen LogP contribution in [0, 0.1) is 11.3 Å². The van der Waals surface area contributed by atoms with Crippen molar-refractivity contribution in [1.82, 2.24) is 4.90 Å². The average Bonchev–Trinajstić information content (AvgIpc) is 2.39. The summed E-state index contributed by atoms with van der Waals surface area (Å²) in [4.78, 5) is 4.49. The Balaban J connectivity index is 2.05. The standard InChI is InChI=1S/C14H18ClN3/c1-17(9-7-16)14-6-3-8-18(11-14)13-5-2-4-12(15)10-13/h2,4-5,10,14H,3,6,8-9,11H2,1H3. The molecule has 1 atom stereocenters. The molecule has 0 radical (unpaired) electrons. The maximum atomic E-state index is 8.76. The molecule has 1 aromatic carbocycles. The summed E-state index contributed by atoms with van der Waals surface area (Å²) in [6, 6.07) is 10.7. The van der Waals surface area contributed by atoms with E-state index in [1.165, 1.54) is 5.69 Å². The molecule has 2 rings (SSSR count). The van der Waals surface area contributed by atoms with Crippen molar-refractivity contribution in [3.63, 3.8) is 0 Å². The van der Waals surface area contributed by atoms with Crippen LogP contribution in [0.1, 0.15) is 12.8 Å². The summed E-state index contributed by atoms with van der Waals surface area (Å²) in [6.45, 7) is 2.53. The lowest BCUT2D eigenvalue weighted by Crippen LogP contribution is -2.46. The molecule has 1 unspecified atom stereocenters. The van der Waals surface area contributed by atoms with Crippen LogP contribution in [0.5, 0.6) is 0 Å². The maximum Gasteiger partial charge on any atom is 0.0866 e. The molecule has 1 aliphatic rings. The van der Waals surface area contributed by atoms with Gasteiger partial charge in [-0.15, -0.1) is 0 Å². The molecule has 0 bridgehead atoms. The Labute approximate surface area is 114 Å². The highest BCUT2D eigenvalue weighted by atomic mass is 35.5. The van der Waals surface area contributed by atoms with E-state index < -0.39 is 0 Å². The number of hydrogen-bond acceptors (Lipinski definition) is 3. The Kier molecular flexibility index (Phi) is 4.46. The van der Waals surface area contributed by atoms with Crippen molar-refractivity contribution in [3.8, 4) is 6.07 Å². The molecule has 1 fully saturated rings. The lowest BCUT2D eigenvalue weighted by molar-refractivity contribution is 0.238. The lowest BCUT2D eigenvalue weighted by Gasteiger charge is -2.38. The van der Waals surface area contributed by atoms with Crippen LogP contribution in [0.4, 0.5) is 5.69 Å². The zero-order chi connectivity index (χ0) is 13.0. The van der Waals surface area contributed by atoms with Crippen molar-refractivity contribution >= 4 is 17.3 Å². The molecule has 1 saturated heterocycles. The molecule has 0 spiro atoms. The van der Waals surface area contributed by atoms with Crippen molar-refractivity contribution in [3.05, 3.63) is 29.3 Å². The summed E-state index contributed by atoms with van der Waals surface area (Å²) >= 11 is 6.03. The first-order chi connectivity index (χ1) is 8.70. The predicted molar refractivity (Wildman–Crippen MR) is 74.9 cm³/mol. The molecular formula is C14H18ClN3. The zero-order valence-electron chi connectivity index (χ0n) is 10.6. The number of rotatable bonds is 3. The van der Waals surface area contributed by atoms with Gasteiger partial charge in [0.2, 0.25) is 0 Å². The van der Waals surface area contributed by atoms with E-state index in [2.05, 4.69) is 21.9 Å². The van der Waals surface area contributed by atoms with Crippen molar-refractivity contribution in [2.75, 3.05) is 31.6 Å². The second kappa shape index (κ2) is 6.08. The van der Waals surface area contributed by atoms with Crippen molar-refractivity contribution in [1.29, 1.82) is 5.26 Å². The molecule has 1 aromatic rings. The van der Waals surface area contributed by atoms with Crippen LogP contribution in [0.3, 0.4) is 0 Å². The summed E-state index contributed by atoms with van der Waals surface area (Å²) in [6.07, 6.45) is 2.32. The maximum absolute atomic E-state index is 8.76. The second-order valence-electron chi connectivity index (χ2n) is 4.80. The van der Waals surface area contributed by atoms with E-state index in [9.17, 15) is 0 Å². The Morgan fingerprint density at radius 3 is 3.11 bits per heavy atom. The van der Waals surface area contributed by atoms with Gasteiger partial charge >= 0.3 is 0 Å². The highest BCUT2D eigenvalue weighted by Crippen LogP contribution is 2.24. The van der Waals surface area contributed by atoms with Crippen molar-refractivity contribution in [2.45, 2.75) is 18.9 Å².